The summed E-state index contributed by atoms with van der Waals surface area (Å²) in [6.07, 6.45) is 3.48. The normalized spacial score (nSPS) is 19.3. The lowest BCUT2D eigenvalue weighted by Gasteiger charge is -2.31. The Morgan fingerprint density at radius 3 is 2.31 bits per heavy atom. The van der Waals surface area contributed by atoms with Crippen LogP contribution in [0.3, 0.4) is 0 Å². The summed E-state index contributed by atoms with van der Waals surface area (Å²) in [5, 5.41) is 12.0. The lowest BCUT2D eigenvalue weighted by molar-refractivity contribution is -0.145. The molecule has 0 spiro atoms. The molecule has 2 heterocycles. The number of ether oxygens (including phenoxy) is 2. The minimum absolute atomic E-state index is 0.00454. The Hall–Kier alpha value is -2.12. The number of carbonyl (C=O) groups excluding carboxylic acids is 1. The Bertz CT molecular complexity index is 605. The second-order valence-electron chi connectivity index (χ2n) is 6.79. The summed E-state index contributed by atoms with van der Waals surface area (Å²) in [7, 11) is 0. The SMILES string of the molecule is O=C(O)COC1CCN(C(=O)c2ccc(OC3CCNCC3)cc2)CC1. The van der Waals surface area contributed by atoms with E-state index in [2.05, 4.69) is 5.32 Å². The molecular weight excluding hydrogens is 336 g/mol. The van der Waals surface area contributed by atoms with Crippen molar-refractivity contribution in [3.8, 4) is 5.75 Å². The van der Waals surface area contributed by atoms with Gasteiger partial charge in [0, 0.05) is 18.7 Å². The van der Waals surface area contributed by atoms with Crippen LogP contribution in [0.2, 0.25) is 0 Å². The summed E-state index contributed by atoms with van der Waals surface area (Å²) >= 11 is 0. The van der Waals surface area contributed by atoms with Gasteiger partial charge in [-0.1, -0.05) is 0 Å². The molecule has 1 amide bonds. The molecule has 0 saturated carbocycles. The average molecular weight is 362 g/mol. The number of rotatable bonds is 6. The van der Waals surface area contributed by atoms with Crippen LogP contribution in [-0.4, -0.2) is 66.9 Å². The van der Waals surface area contributed by atoms with Gasteiger partial charge in [-0.15, -0.1) is 0 Å². The van der Waals surface area contributed by atoms with Gasteiger partial charge in [0.1, 0.15) is 18.5 Å². The Morgan fingerprint density at radius 2 is 1.69 bits per heavy atom. The molecule has 2 aliphatic heterocycles. The molecule has 0 radical (unpaired) electrons. The highest BCUT2D eigenvalue weighted by molar-refractivity contribution is 5.94. The second-order valence-corrected chi connectivity index (χ2v) is 6.79. The molecule has 2 saturated heterocycles. The molecule has 1 aromatic rings. The third kappa shape index (κ3) is 5.19. The molecule has 2 fully saturated rings. The maximum Gasteiger partial charge on any atom is 0.329 e. The Labute approximate surface area is 153 Å². The number of benzene rings is 1. The molecule has 142 valence electrons. The summed E-state index contributed by atoms with van der Waals surface area (Å²) in [5.74, 6) is -0.167. The van der Waals surface area contributed by atoms with Gasteiger partial charge in [-0.25, -0.2) is 4.79 Å². The van der Waals surface area contributed by atoms with Gasteiger partial charge in [0.2, 0.25) is 0 Å². The van der Waals surface area contributed by atoms with Crippen molar-refractivity contribution in [1.29, 1.82) is 0 Å². The molecule has 7 nitrogen and oxygen atoms in total. The number of hydrogen-bond acceptors (Lipinski definition) is 5. The molecule has 2 N–H and O–H groups in total. The monoisotopic (exact) mass is 362 g/mol. The van der Waals surface area contributed by atoms with E-state index in [1.807, 2.05) is 24.3 Å². The predicted molar refractivity (Wildman–Crippen MR) is 95.5 cm³/mol. The topological polar surface area (TPSA) is 88.1 Å². The molecule has 7 heteroatoms. The number of nitrogens with zero attached hydrogens (tertiary/aromatic N) is 1. The Balaban J connectivity index is 1.48. The first-order chi connectivity index (χ1) is 12.6. The van der Waals surface area contributed by atoms with Crippen LogP contribution >= 0.6 is 0 Å². The number of piperidine rings is 2. The van der Waals surface area contributed by atoms with Gasteiger partial charge in [-0.05, 0) is 63.0 Å². The third-order valence-corrected chi connectivity index (χ3v) is 4.86. The quantitative estimate of drug-likeness (QED) is 0.798. The van der Waals surface area contributed by atoms with E-state index in [1.54, 1.807) is 4.90 Å². The zero-order valence-electron chi connectivity index (χ0n) is 14.9. The smallest absolute Gasteiger partial charge is 0.329 e. The van der Waals surface area contributed by atoms with Gasteiger partial charge in [0.05, 0.1) is 6.10 Å². The fourth-order valence-electron chi connectivity index (χ4n) is 3.38. The first kappa shape index (κ1) is 18.7. The number of carbonyl (C=O) groups is 2. The van der Waals surface area contributed by atoms with Crippen molar-refractivity contribution in [3.63, 3.8) is 0 Å². The van der Waals surface area contributed by atoms with Crippen LogP contribution in [0.15, 0.2) is 24.3 Å². The van der Waals surface area contributed by atoms with Crippen LogP contribution in [0.4, 0.5) is 0 Å². The van der Waals surface area contributed by atoms with Crippen LogP contribution in [0.25, 0.3) is 0 Å². The minimum atomic E-state index is -0.963. The van der Waals surface area contributed by atoms with E-state index in [0.717, 1.165) is 31.7 Å². The van der Waals surface area contributed by atoms with Crippen molar-refractivity contribution in [3.05, 3.63) is 29.8 Å². The van der Waals surface area contributed by atoms with Crippen molar-refractivity contribution < 1.29 is 24.2 Å². The number of carboxylic acids is 1. The van der Waals surface area contributed by atoms with Gasteiger partial charge < -0.3 is 24.8 Å². The van der Waals surface area contributed by atoms with Crippen molar-refractivity contribution >= 4 is 11.9 Å². The highest BCUT2D eigenvalue weighted by atomic mass is 16.5. The van der Waals surface area contributed by atoms with E-state index >= 15 is 0 Å². The van der Waals surface area contributed by atoms with Crippen LogP contribution < -0.4 is 10.1 Å². The van der Waals surface area contributed by atoms with E-state index in [4.69, 9.17) is 14.6 Å². The molecular formula is C19H26N2O5. The lowest BCUT2D eigenvalue weighted by atomic mass is 10.1. The second kappa shape index (κ2) is 9.00. The van der Waals surface area contributed by atoms with E-state index in [-0.39, 0.29) is 24.7 Å². The molecule has 26 heavy (non-hydrogen) atoms. The van der Waals surface area contributed by atoms with Crippen LogP contribution in [0.1, 0.15) is 36.0 Å². The van der Waals surface area contributed by atoms with Gasteiger partial charge in [-0.3, -0.25) is 4.79 Å². The van der Waals surface area contributed by atoms with Crippen molar-refractivity contribution in [2.24, 2.45) is 0 Å². The molecule has 1 aromatic carbocycles. The molecule has 0 atom stereocenters. The van der Waals surface area contributed by atoms with Crippen molar-refractivity contribution in [2.75, 3.05) is 32.8 Å². The molecule has 2 aliphatic rings. The van der Waals surface area contributed by atoms with E-state index in [9.17, 15) is 9.59 Å². The lowest BCUT2D eigenvalue weighted by Crippen LogP contribution is -2.41. The molecule has 0 unspecified atom stereocenters. The van der Waals surface area contributed by atoms with Crippen LogP contribution in [-0.2, 0) is 9.53 Å². The van der Waals surface area contributed by atoms with Crippen molar-refractivity contribution in [1.82, 2.24) is 10.2 Å². The zero-order chi connectivity index (χ0) is 18.4. The van der Waals surface area contributed by atoms with Gasteiger partial charge in [0.25, 0.3) is 5.91 Å². The van der Waals surface area contributed by atoms with E-state index < -0.39 is 5.97 Å². The number of likely N-dealkylation sites (tertiary alicyclic amines) is 1. The van der Waals surface area contributed by atoms with Gasteiger partial charge in [0.15, 0.2) is 0 Å². The predicted octanol–water partition coefficient (Wildman–Crippen LogP) is 1.52. The fourth-order valence-corrected chi connectivity index (χ4v) is 3.38. The number of amides is 1. The largest absolute Gasteiger partial charge is 0.490 e. The number of nitrogens with one attached hydrogen (secondary N) is 1. The van der Waals surface area contributed by atoms with E-state index in [1.165, 1.54) is 0 Å². The number of hydrogen-bond donors (Lipinski definition) is 2. The number of aliphatic carboxylic acids is 1. The Kier molecular flexibility index (Phi) is 6.46. The fraction of sp³-hybridized carbons (Fsp3) is 0.579. The summed E-state index contributed by atoms with van der Waals surface area (Å²) < 4.78 is 11.3. The third-order valence-electron chi connectivity index (χ3n) is 4.86. The summed E-state index contributed by atoms with van der Waals surface area (Å²) in [6.45, 7) is 2.84. The highest BCUT2D eigenvalue weighted by Crippen LogP contribution is 2.20. The average Bonchev–Trinajstić information content (AvgIpc) is 2.68. The maximum absolute atomic E-state index is 12.6. The van der Waals surface area contributed by atoms with Crippen LogP contribution in [0.5, 0.6) is 5.75 Å². The van der Waals surface area contributed by atoms with E-state index in [0.29, 0.717) is 31.5 Å². The first-order valence-corrected chi connectivity index (χ1v) is 9.22. The molecule has 0 aliphatic carbocycles. The molecule has 3 rings (SSSR count). The van der Waals surface area contributed by atoms with Crippen LogP contribution in [0, 0.1) is 0 Å². The zero-order valence-corrected chi connectivity index (χ0v) is 14.9. The first-order valence-electron chi connectivity index (χ1n) is 9.22. The molecule has 0 aromatic heterocycles. The summed E-state index contributed by atoms with van der Waals surface area (Å²) in [6, 6.07) is 7.34. The van der Waals surface area contributed by atoms with Crippen molar-refractivity contribution in [2.45, 2.75) is 37.9 Å². The summed E-state index contributed by atoms with van der Waals surface area (Å²) in [5.41, 5.74) is 0.646. The maximum atomic E-state index is 12.6. The number of carboxylic acid groups (broad SMARTS) is 1. The molecule has 0 bridgehead atoms. The van der Waals surface area contributed by atoms with Gasteiger partial charge >= 0.3 is 5.97 Å². The Morgan fingerprint density at radius 1 is 1.04 bits per heavy atom. The van der Waals surface area contributed by atoms with Gasteiger partial charge in [-0.2, -0.15) is 0 Å². The highest BCUT2D eigenvalue weighted by Gasteiger charge is 2.24. The minimum Gasteiger partial charge on any atom is -0.490 e. The summed E-state index contributed by atoms with van der Waals surface area (Å²) in [4.78, 5) is 25.0. The standard InChI is InChI=1S/C19H26N2O5/c22-18(23)13-25-15-7-11-21(12-8-15)19(24)14-1-3-16(4-2-14)26-17-5-9-20-10-6-17/h1-4,15,17,20H,5-13H2,(H,22,23).